The van der Waals surface area contributed by atoms with Gasteiger partial charge in [-0.25, -0.2) is 13.8 Å². The Hall–Kier alpha value is -1.39. The van der Waals surface area contributed by atoms with Gasteiger partial charge in [-0.1, -0.05) is 0 Å². The molecule has 0 radical (unpaired) electrons. The van der Waals surface area contributed by atoms with Crippen molar-refractivity contribution in [2.45, 2.75) is 6.43 Å². The molecule has 0 amide bonds. The lowest BCUT2D eigenvalue weighted by Crippen LogP contribution is -2.11. The van der Waals surface area contributed by atoms with E-state index in [9.17, 15) is 13.6 Å². The number of hydrogen-bond donors (Lipinski definition) is 0. The molecule has 11 heavy (non-hydrogen) atoms. The van der Waals surface area contributed by atoms with Gasteiger partial charge in [-0.2, -0.15) is 0 Å². The van der Waals surface area contributed by atoms with E-state index in [1.54, 1.807) is 0 Å². The fourth-order valence-corrected chi connectivity index (χ4v) is 0.538. The van der Waals surface area contributed by atoms with E-state index in [2.05, 4.69) is 9.97 Å². The number of carbonyl (C=O) groups is 1. The second-order valence-corrected chi connectivity index (χ2v) is 1.76. The quantitative estimate of drug-likeness (QED) is 0.601. The number of ketones is 1. The molecular formula is C6H4F2N2O. The van der Waals surface area contributed by atoms with Crippen molar-refractivity contribution in [1.29, 1.82) is 0 Å². The van der Waals surface area contributed by atoms with Gasteiger partial charge in [0.05, 0.1) is 6.20 Å². The number of alkyl halides is 2. The summed E-state index contributed by atoms with van der Waals surface area (Å²) in [6.07, 6.45) is 0.499. The number of carbonyl (C=O) groups excluding carboxylic acids is 1. The predicted octanol–water partition coefficient (Wildman–Crippen LogP) is 0.924. The second kappa shape index (κ2) is 3.14. The van der Waals surface area contributed by atoms with Gasteiger partial charge < -0.3 is 0 Å². The molecule has 0 atom stereocenters. The summed E-state index contributed by atoms with van der Waals surface area (Å²) in [6.45, 7) is 0. The molecule has 0 aromatic carbocycles. The maximum atomic E-state index is 11.7. The molecule has 5 heteroatoms. The highest BCUT2D eigenvalue weighted by atomic mass is 19.3. The van der Waals surface area contributed by atoms with Gasteiger partial charge in [0.15, 0.2) is 0 Å². The Labute approximate surface area is 61.1 Å². The summed E-state index contributed by atoms with van der Waals surface area (Å²) in [5.41, 5.74) is -0.303. The van der Waals surface area contributed by atoms with Gasteiger partial charge in [0, 0.05) is 12.4 Å². The third-order valence-corrected chi connectivity index (χ3v) is 1.01. The fraction of sp³-hybridized carbons (Fsp3) is 0.167. The standard InChI is InChI=1S/C6H4F2N2O/c7-6(8)5(11)4-3-9-1-2-10-4/h1-3,6H. The number of rotatable bonds is 2. The van der Waals surface area contributed by atoms with Crippen LogP contribution in [0.1, 0.15) is 10.5 Å². The van der Waals surface area contributed by atoms with Crippen LogP contribution in [-0.4, -0.2) is 22.2 Å². The van der Waals surface area contributed by atoms with Crippen LogP contribution in [0.15, 0.2) is 18.6 Å². The zero-order valence-electron chi connectivity index (χ0n) is 5.37. The summed E-state index contributed by atoms with van der Waals surface area (Å²) in [7, 11) is 0. The van der Waals surface area contributed by atoms with E-state index in [1.165, 1.54) is 12.4 Å². The number of nitrogens with zero attached hydrogens (tertiary/aromatic N) is 2. The van der Waals surface area contributed by atoms with Crippen molar-refractivity contribution < 1.29 is 13.6 Å². The lowest BCUT2D eigenvalue weighted by atomic mass is 10.3. The highest BCUT2D eigenvalue weighted by molar-refractivity contribution is 5.96. The topological polar surface area (TPSA) is 42.9 Å². The summed E-state index contributed by atoms with van der Waals surface area (Å²) >= 11 is 0. The summed E-state index contributed by atoms with van der Waals surface area (Å²) in [6, 6.07) is 0. The van der Waals surface area contributed by atoms with Crippen LogP contribution < -0.4 is 0 Å². The van der Waals surface area contributed by atoms with E-state index in [0.717, 1.165) is 6.20 Å². The van der Waals surface area contributed by atoms with E-state index in [-0.39, 0.29) is 5.69 Å². The molecule has 0 saturated carbocycles. The molecule has 1 heterocycles. The van der Waals surface area contributed by atoms with E-state index in [0.29, 0.717) is 0 Å². The molecule has 1 aromatic heterocycles. The minimum absolute atomic E-state index is 0.303. The lowest BCUT2D eigenvalue weighted by molar-refractivity contribution is 0.0672. The SMILES string of the molecule is O=C(c1cnccn1)C(F)F. The molecule has 0 N–H and O–H groups in total. The molecule has 1 aromatic rings. The van der Waals surface area contributed by atoms with E-state index >= 15 is 0 Å². The number of hydrogen-bond acceptors (Lipinski definition) is 3. The van der Waals surface area contributed by atoms with Crippen LogP contribution >= 0.6 is 0 Å². The number of aromatic nitrogens is 2. The van der Waals surface area contributed by atoms with Crippen molar-refractivity contribution in [3.8, 4) is 0 Å². The molecule has 0 bridgehead atoms. The molecule has 0 aliphatic rings. The first kappa shape index (κ1) is 7.71. The average Bonchev–Trinajstić information content (AvgIpc) is 2.05. The summed E-state index contributed by atoms with van der Waals surface area (Å²) < 4.78 is 23.4. The molecule has 0 spiro atoms. The lowest BCUT2D eigenvalue weighted by Gasteiger charge is -1.94. The van der Waals surface area contributed by atoms with Crippen LogP contribution in [0.5, 0.6) is 0 Å². The second-order valence-electron chi connectivity index (χ2n) is 1.76. The molecule has 0 aliphatic carbocycles. The third-order valence-electron chi connectivity index (χ3n) is 1.01. The maximum Gasteiger partial charge on any atom is 0.302 e. The van der Waals surface area contributed by atoms with Crippen molar-refractivity contribution in [2.75, 3.05) is 0 Å². The largest absolute Gasteiger partial charge is 0.302 e. The van der Waals surface area contributed by atoms with E-state index in [1.807, 2.05) is 0 Å². The first-order valence-corrected chi connectivity index (χ1v) is 2.80. The molecule has 3 nitrogen and oxygen atoms in total. The third kappa shape index (κ3) is 1.76. The first-order valence-electron chi connectivity index (χ1n) is 2.80. The van der Waals surface area contributed by atoms with E-state index in [4.69, 9.17) is 0 Å². The Balaban J connectivity index is 2.86. The van der Waals surface area contributed by atoms with Crippen molar-refractivity contribution in [2.24, 2.45) is 0 Å². The molecule has 0 aliphatic heterocycles. The number of Topliss-reactive ketones (excluding diaryl/α,β-unsaturated/α-hetero) is 1. The Bertz CT molecular complexity index is 250. The van der Waals surface area contributed by atoms with Gasteiger partial charge in [0.2, 0.25) is 5.78 Å². The summed E-state index contributed by atoms with van der Waals surface area (Å²) in [4.78, 5) is 17.4. The van der Waals surface area contributed by atoms with Gasteiger partial charge in [0.1, 0.15) is 5.69 Å². The van der Waals surface area contributed by atoms with Gasteiger partial charge in [-0.15, -0.1) is 0 Å². The Kier molecular flexibility index (Phi) is 2.20. The van der Waals surface area contributed by atoms with Crippen LogP contribution in [0.25, 0.3) is 0 Å². The fourth-order valence-electron chi connectivity index (χ4n) is 0.538. The van der Waals surface area contributed by atoms with Crippen LogP contribution in [0.2, 0.25) is 0 Å². The molecule has 0 unspecified atom stereocenters. The smallest absolute Gasteiger partial charge is 0.286 e. The van der Waals surface area contributed by atoms with Crippen molar-refractivity contribution in [3.05, 3.63) is 24.3 Å². The molecule has 58 valence electrons. The zero-order valence-corrected chi connectivity index (χ0v) is 5.37. The summed E-state index contributed by atoms with van der Waals surface area (Å²) in [5, 5.41) is 0. The summed E-state index contributed by atoms with van der Waals surface area (Å²) in [5.74, 6) is -1.29. The van der Waals surface area contributed by atoms with Crippen LogP contribution in [-0.2, 0) is 0 Å². The van der Waals surface area contributed by atoms with Gasteiger partial charge in [-0.3, -0.25) is 9.78 Å². The van der Waals surface area contributed by atoms with Crippen LogP contribution in [0.3, 0.4) is 0 Å². The zero-order chi connectivity index (χ0) is 8.27. The van der Waals surface area contributed by atoms with Crippen LogP contribution in [0.4, 0.5) is 8.78 Å². The van der Waals surface area contributed by atoms with Crippen molar-refractivity contribution in [1.82, 2.24) is 9.97 Å². The minimum Gasteiger partial charge on any atom is -0.286 e. The molecule has 1 rings (SSSR count). The molecular weight excluding hydrogens is 154 g/mol. The highest BCUT2D eigenvalue weighted by Gasteiger charge is 2.18. The minimum atomic E-state index is -3.01. The van der Waals surface area contributed by atoms with Crippen LogP contribution in [0, 0.1) is 0 Å². The molecule has 0 fully saturated rings. The number of halogens is 2. The van der Waals surface area contributed by atoms with E-state index < -0.39 is 12.2 Å². The average molecular weight is 158 g/mol. The first-order chi connectivity index (χ1) is 5.22. The van der Waals surface area contributed by atoms with Gasteiger partial charge in [0.25, 0.3) is 0 Å². The normalized spacial score (nSPS) is 10.1. The van der Waals surface area contributed by atoms with Crippen molar-refractivity contribution in [3.63, 3.8) is 0 Å². The monoisotopic (exact) mass is 158 g/mol. The predicted molar refractivity (Wildman–Crippen MR) is 32.4 cm³/mol. The maximum absolute atomic E-state index is 11.7. The Morgan fingerprint density at radius 1 is 1.45 bits per heavy atom. The van der Waals surface area contributed by atoms with Gasteiger partial charge in [-0.05, 0) is 0 Å². The Morgan fingerprint density at radius 2 is 2.18 bits per heavy atom. The Morgan fingerprint density at radius 3 is 2.64 bits per heavy atom. The highest BCUT2D eigenvalue weighted by Crippen LogP contribution is 2.01. The van der Waals surface area contributed by atoms with Gasteiger partial charge >= 0.3 is 6.43 Å². The molecule has 0 saturated heterocycles. The van der Waals surface area contributed by atoms with Crippen molar-refractivity contribution >= 4 is 5.78 Å².